The monoisotopic (exact) mass is 531 g/mol. The SMILES string of the molecule is C[C@H](NC(=O)c1ccccc1Cl)c1nnc(SCC(=O)Nc2cc(Cl)c(Cl)cc2Cl)n1C. The Balaban J connectivity index is 1.61. The van der Waals surface area contributed by atoms with Crippen LogP contribution in [0.15, 0.2) is 41.6 Å². The molecule has 0 radical (unpaired) electrons. The highest BCUT2D eigenvalue weighted by Crippen LogP contribution is 2.32. The van der Waals surface area contributed by atoms with E-state index in [1.54, 1.807) is 42.8 Å². The first kappa shape index (κ1) is 24.7. The third kappa shape index (κ3) is 5.88. The number of halogens is 4. The summed E-state index contributed by atoms with van der Waals surface area (Å²) in [4.78, 5) is 24.8. The normalized spacial score (nSPS) is 11.8. The highest BCUT2D eigenvalue weighted by Gasteiger charge is 2.20. The van der Waals surface area contributed by atoms with Crippen molar-refractivity contribution in [2.24, 2.45) is 7.05 Å². The van der Waals surface area contributed by atoms with Crippen molar-refractivity contribution in [2.45, 2.75) is 18.1 Å². The fourth-order valence-electron chi connectivity index (χ4n) is 2.75. The molecule has 0 aliphatic rings. The Morgan fingerprint density at radius 2 is 1.72 bits per heavy atom. The van der Waals surface area contributed by atoms with E-state index in [0.29, 0.717) is 32.3 Å². The minimum atomic E-state index is -0.436. The van der Waals surface area contributed by atoms with Crippen LogP contribution in [0.2, 0.25) is 20.1 Å². The molecule has 2 aromatic carbocycles. The molecule has 1 aromatic heterocycles. The van der Waals surface area contributed by atoms with E-state index < -0.39 is 6.04 Å². The van der Waals surface area contributed by atoms with Gasteiger partial charge >= 0.3 is 0 Å². The van der Waals surface area contributed by atoms with Gasteiger partial charge in [0.2, 0.25) is 5.91 Å². The minimum absolute atomic E-state index is 0.0584. The topological polar surface area (TPSA) is 88.9 Å². The van der Waals surface area contributed by atoms with E-state index >= 15 is 0 Å². The summed E-state index contributed by atoms with van der Waals surface area (Å²) in [5.74, 6) is -0.0398. The van der Waals surface area contributed by atoms with E-state index in [-0.39, 0.29) is 27.6 Å². The van der Waals surface area contributed by atoms with Gasteiger partial charge in [0, 0.05) is 7.05 Å². The van der Waals surface area contributed by atoms with Crippen LogP contribution in [0.25, 0.3) is 0 Å². The lowest BCUT2D eigenvalue weighted by molar-refractivity contribution is -0.113. The van der Waals surface area contributed by atoms with Crippen LogP contribution in [0.5, 0.6) is 0 Å². The molecule has 0 aliphatic heterocycles. The Hall–Kier alpha value is -1.97. The van der Waals surface area contributed by atoms with Crippen LogP contribution in [0.1, 0.15) is 29.1 Å². The van der Waals surface area contributed by atoms with Crippen molar-refractivity contribution in [1.82, 2.24) is 20.1 Å². The highest BCUT2D eigenvalue weighted by atomic mass is 35.5. The number of aromatic nitrogens is 3. The molecule has 3 rings (SSSR count). The van der Waals surface area contributed by atoms with E-state index in [0.717, 1.165) is 0 Å². The molecular weight excluding hydrogens is 516 g/mol. The fourth-order valence-corrected chi connectivity index (χ4v) is 4.28. The molecule has 0 spiro atoms. The van der Waals surface area contributed by atoms with Crippen LogP contribution in [-0.4, -0.2) is 32.3 Å². The number of carbonyl (C=O) groups is 2. The third-order valence-electron chi connectivity index (χ3n) is 4.34. The summed E-state index contributed by atoms with van der Waals surface area (Å²) in [5, 5.41) is 15.5. The number of anilines is 1. The molecule has 2 N–H and O–H groups in total. The number of nitrogens with zero attached hydrogens (tertiary/aromatic N) is 3. The van der Waals surface area contributed by atoms with E-state index in [4.69, 9.17) is 46.4 Å². The van der Waals surface area contributed by atoms with Crippen LogP contribution in [0, 0.1) is 0 Å². The number of thioether (sulfide) groups is 1. The lowest BCUT2D eigenvalue weighted by Gasteiger charge is -2.14. The number of nitrogens with one attached hydrogen (secondary N) is 2. The average Bonchev–Trinajstić information content (AvgIpc) is 3.11. The Kier molecular flexibility index (Phi) is 8.30. The summed E-state index contributed by atoms with van der Waals surface area (Å²) in [6, 6.07) is 9.28. The van der Waals surface area contributed by atoms with Gasteiger partial charge in [-0.25, -0.2) is 0 Å². The lowest BCUT2D eigenvalue weighted by atomic mass is 10.2. The van der Waals surface area contributed by atoms with Crippen molar-refractivity contribution in [3.05, 3.63) is 67.9 Å². The van der Waals surface area contributed by atoms with Crippen molar-refractivity contribution in [3.63, 3.8) is 0 Å². The zero-order valence-electron chi connectivity index (χ0n) is 16.8. The lowest BCUT2D eigenvalue weighted by Crippen LogP contribution is -2.28. The number of hydrogen-bond donors (Lipinski definition) is 2. The van der Waals surface area contributed by atoms with E-state index in [1.807, 2.05) is 0 Å². The van der Waals surface area contributed by atoms with Crippen molar-refractivity contribution in [2.75, 3.05) is 11.1 Å². The maximum absolute atomic E-state index is 12.5. The number of amides is 2. The first-order valence-corrected chi connectivity index (χ1v) is 11.7. The Labute approximate surface area is 208 Å². The van der Waals surface area contributed by atoms with Crippen LogP contribution in [0.4, 0.5) is 5.69 Å². The quantitative estimate of drug-likeness (QED) is 0.303. The van der Waals surface area contributed by atoms with Gasteiger partial charge in [-0.05, 0) is 31.2 Å². The number of benzene rings is 2. The second kappa shape index (κ2) is 10.8. The highest BCUT2D eigenvalue weighted by molar-refractivity contribution is 7.99. The van der Waals surface area contributed by atoms with Crippen molar-refractivity contribution >= 4 is 75.7 Å². The zero-order chi connectivity index (χ0) is 23.4. The molecular formula is C20H17Cl4N5O2S. The molecule has 1 heterocycles. The predicted octanol–water partition coefficient (Wildman–Crippen LogP) is 5.65. The molecule has 168 valence electrons. The summed E-state index contributed by atoms with van der Waals surface area (Å²) in [6.07, 6.45) is 0. The Bertz CT molecular complexity index is 1170. The molecule has 12 heteroatoms. The maximum Gasteiger partial charge on any atom is 0.253 e. The summed E-state index contributed by atoms with van der Waals surface area (Å²) < 4.78 is 1.71. The summed E-state index contributed by atoms with van der Waals surface area (Å²) in [5.41, 5.74) is 0.733. The molecule has 32 heavy (non-hydrogen) atoms. The molecule has 0 bridgehead atoms. The van der Waals surface area contributed by atoms with Crippen molar-refractivity contribution in [1.29, 1.82) is 0 Å². The van der Waals surface area contributed by atoms with Gasteiger partial charge in [-0.1, -0.05) is 70.3 Å². The van der Waals surface area contributed by atoms with Gasteiger partial charge in [0.25, 0.3) is 5.91 Å². The molecule has 0 fully saturated rings. The molecule has 2 amide bonds. The van der Waals surface area contributed by atoms with Crippen LogP contribution < -0.4 is 10.6 Å². The summed E-state index contributed by atoms with van der Waals surface area (Å²) in [6.45, 7) is 1.78. The predicted molar refractivity (Wildman–Crippen MR) is 129 cm³/mol. The average molecular weight is 533 g/mol. The van der Waals surface area contributed by atoms with Gasteiger partial charge in [-0.15, -0.1) is 10.2 Å². The molecule has 0 unspecified atom stereocenters. The molecule has 1 atom stereocenters. The van der Waals surface area contributed by atoms with Crippen LogP contribution in [0.3, 0.4) is 0 Å². The summed E-state index contributed by atoms with van der Waals surface area (Å²) in [7, 11) is 1.75. The molecule has 0 saturated heterocycles. The van der Waals surface area contributed by atoms with Gasteiger partial charge in [-0.2, -0.15) is 0 Å². The van der Waals surface area contributed by atoms with Crippen molar-refractivity contribution < 1.29 is 9.59 Å². The largest absolute Gasteiger partial charge is 0.342 e. The smallest absolute Gasteiger partial charge is 0.253 e. The molecule has 7 nitrogen and oxygen atoms in total. The fraction of sp³-hybridized carbons (Fsp3) is 0.200. The molecule has 0 aliphatic carbocycles. The van der Waals surface area contributed by atoms with Gasteiger partial charge in [0.05, 0.1) is 43.1 Å². The van der Waals surface area contributed by atoms with E-state index in [2.05, 4.69) is 20.8 Å². The first-order valence-electron chi connectivity index (χ1n) is 9.19. The zero-order valence-corrected chi connectivity index (χ0v) is 20.7. The van der Waals surface area contributed by atoms with Gasteiger partial charge < -0.3 is 15.2 Å². The minimum Gasteiger partial charge on any atom is -0.342 e. The third-order valence-corrected chi connectivity index (χ3v) is 6.72. The summed E-state index contributed by atoms with van der Waals surface area (Å²) >= 11 is 25.2. The van der Waals surface area contributed by atoms with Gasteiger partial charge in [0.15, 0.2) is 11.0 Å². The van der Waals surface area contributed by atoms with Crippen LogP contribution >= 0.6 is 58.2 Å². The Morgan fingerprint density at radius 3 is 2.44 bits per heavy atom. The van der Waals surface area contributed by atoms with E-state index in [9.17, 15) is 9.59 Å². The second-order valence-corrected chi connectivity index (χ2v) is 9.23. The number of hydrogen-bond acceptors (Lipinski definition) is 5. The van der Waals surface area contributed by atoms with Crippen molar-refractivity contribution in [3.8, 4) is 0 Å². The molecule has 3 aromatic rings. The van der Waals surface area contributed by atoms with Gasteiger partial charge in [0.1, 0.15) is 0 Å². The van der Waals surface area contributed by atoms with Gasteiger partial charge in [-0.3, -0.25) is 9.59 Å². The number of carbonyl (C=O) groups excluding carboxylic acids is 2. The first-order chi connectivity index (χ1) is 15.2. The van der Waals surface area contributed by atoms with Crippen LogP contribution in [-0.2, 0) is 11.8 Å². The Morgan fingerprint density at radius 1 is 1.03 bits per heavy atom. The molecule has 0 saturated carbocycles. The van der Waals surface area contributed by atoms with E-state index in [1.165, 1.54) is 23.9 Å². The maximum atomic E-state index is 12.5. The number of rotatable bonds is 7. The second-order valence-electron chi connectivity index (χ2n) is 6.66. The standard InChI is InChI=1S/C20H17Cl4N5O2S/c1-10(25-19(31)11-5-3-4-6-12(11)21)18-27-28-20(29(18)2)32-9-17(30)26-16-8-14(23)13(22)7-15(16)24/h3-8,10H,9H2,1-2H3,(H,25,31)(H,26,30)/t10-/m0/s1.